The van der Waals surface area contributed by atoms with E-state index in [0.29, 0.717) is 18.7 Å². The number of hydrogen-bond donors (Lipinski definition) is 3. The normalized spacial score (nSPS) is 12.2. The molecule has 1 unspecified atom stereocenters. The molecule has 0 radical (unpaired) electrons. The highest BCUT2D eigenvalue weighted by Gasteiger charge is 2.10. The lowest BCUT2D eigenvalue weighted by molar-refractivity contribution is 0.1000. The van der Waals surface area contributed by atoms with E-state index < -0.39 is 5.91 Å². The molecule has 0 bridgehead atoms. The van der Waals surface area contributed by atoms with Gasteiger partial charge in [-0.1, -0.05) is 0 Å². The number of aryl methyl sites for hydroxylation is 1. The van der Waals surface area contributed by atoms with Gasteiger partial charge in [-0.3, -0.25) is 4.79 Å². The summed E-state index contributed by atoms with van der Waals surface area (Å²) in [5, 5.41) is 3.42. The third-order valence-electron chi connectivity index (χ3n) is 3.00. The summed E-state index contributed by atoms with van der Waals surface area (Å²) in [6.45, 7) is 3.24. The molecule has 0 fully saturated rings. The highest BCUT2D eigenvalue weighted by Crippen LogP contribution is 2.18. The average molecular weight is 265 g/mol. The molecule has 1 atom stereocenters. The van der Waals surface area contributed by atoms with Crippen molar-refractivity contribution >= 4 is 11.6 Å². The van der Waals surface area contributed by atoms with E-state index in [9.17, 15) is 4.79 Å². The summed E-state index contributed by atoms with van der Waals surface area (Å²) in [7, 11) is 1.68. The fraction of sp³-hybridized carbons (Fsp3) is 0.500. The summed E-state index contributed by atoms with van der Waals surface area (Å²) in [5.74, 6) is -0.411. The van der Waals surface area contributed by atoms with Crippen molar-refractivity contribution in [2.75, 3.05) is 25.6 Å². The van der Waals surface area contributed by atoms with Gasteiger partial charge < -0.3 is 21.5 Å². The zero-order chi connectivity index (χ0) is 14.3. The zero-order valence-electron chi connectivity index (χ0n) is 11.6. The maximum Gasteiger partial charge on any atom is 0.248 e. The van der Waals surface area contributed by atoms with E-state index >= 15 is 0 Å². The van der Waals surface area contributed by atoms with Crippen LogP contribution < -0.4 is 16.8 Å². The third-order valence-corrected chi connectivity index (χ3v) is 3.00. The molecule has 0 aromatic heterocycles. The van der Waals surface area contributed by atoms with Crippen LogP contribution in [0.1, 0.15) is 28.8 Å². The molecule has 19 heavy (non-hydrogen) atoms. The van der Waals surface area contributed by atoms with Crippen molar-refractivity contribution in [2.24, 2.45) is 11.5 Å². The smallest absolute Gasteiger partial charge is 0.248 e. The maximum absolute atomic E-state index is 11.1. The first-order valence-corrected chi connectivity index (χ1v) is 6.44. The number of primary amides is 1. The van der Waals surface area contributed by atoms with Crippen LogP contribution >= 0.6 is 0 Å². The van der Waals surface area contributed by atoms with Crippen molar-refractivity contribution in [3.05, 3.63) is 29.3 Å². The number of methoxy groups -OCH3 is 1. The lowest BCUT2D eigenvalue weighted by Crippen LogP contribution is -2.26. The second-order valence-corrected chi connectivity index (χ2v) is 4.62. The van der Waals surface area contributed by atoms with Crippen molar-refractivity contribution in [1.82, 2.24) is 0 Å². The van der Waals surface area contributed by atoms with Crippen LogP contribution in [0.3, 0.4) is 0 Å². The van der Waals surface area contributed by atoms with Crippen molar-refractivity contribution in [3.63, 3.8) is 0 Å². The molecule has 0 heterocycles. The molecule has 1 aromatic carbocycles. The van der Waals surface area contributed by atoms with E-state index in [0.717, 1.165) is 24.1 Å². The summed E-state index contributed by atoms with van der Waals surface area (Å²) in [5.41, 5.74) is 13.3. The van der Waals surface area contributed by atoms with Crippen LogP contribution in [0, 0.1) is 6.92 Å². The fourth-order valence-corrected chi connectivity index (χ4v) is 1.96. The summed E-state index contributed by atoms with van der Waals surface area (Å²) in [4.78, 5) is 11.1. The molecule has 0 aliphatic heterocycles. The molecular formula is C14H23N3O2. The minimum atomic E-state index is -0.411. The van der Waals surface area contributed by atoms with Crippen molar-refractivity contribution in [3.8, 4) is 0 Å². The summed E-state index contributed by atoms with van der Waals surface area (Å²) >= 11 is 0. The van der Waals surface area contributed by atoms with Crippen LogP contribution in [0.25, 0.3) is 0 Å². The summed E-state index contributed by atoms with van der Waals surface area (Å²) in [6.07, 6.45) is 1.89. The van der Waals surface area contributed by atoms with Gasteiger partial charge in [0, 0.05) is 24.4 Å². The van der Waals surface area contributed by atoms with Crippen LogP contribution in [0.5, 0.6) is 0 Å². The Balaban J connectivity index is 2.75. The number of rotatable bonds is 8. The predicted octanol–water partition coefficient (Wildman–Crippen LogP) is 1.26. The molecule has 0 spiro atoms. The molecular weight excluding hydrogens is 242 g/mol. The standard InChI is InChI=1S/C14H23N3O2/c1-10-8-11(14(16)18)5-6-13(10)17-12(9-19-2)4-3-7-15/h5-6,8,12,17H,3-4,7,9,15H2,1-2H3,(H2,16,18). The Morgan fingerprint density at radius 2 is 2.21 bits per heavy atom. The van der Waals surface area contributed by atoms with Gasteiger partial charge in [0.05, 0.1) is 6.61 Å². The zero-order valence-corrected chi connectivity index (χ0v) is 11.6. The number of benzene rings is 1. The van der Waals surface area contributed by atoms with Crippen LogP contribution in [0.15, 0.2) is 18.2 Å². The number of ether oxygens (including phenoxy) is 1. The van der Waals surface area contributed by atoms with Gasteiger partial charge in [-0.15, -0.1) is 0 Å². The van der Waals surface area contributed by atoms with Crippen LogP contribution in [-0.4, -0.2) is 32.2 Å². The van der Waals surface area contributed by atoms with E-state index in [2.05, 4.69) is 5.32 Å². The van der Waals surface area contributed by atoms with Gasteiger partial charge in [0.2, 0.25) is 5.91 Å². The second kappa shape index (κ2) is 7.76. The SMILES string of the molecule is COCC(CCCN)Nc1ccc(C(N)=O)cc1C. The number of anilines is 1. The van der Waals surface area contributed by atoms with E-state index in [1.165, 1.54) is 0 Å². The largest absolute Gasteiger partial charge is 0.383 e. The van der Waals surface area contributed by atoms with Crippen molar-refractivity contribution in [2.45, 2.75) is 25.8 Å². The number of nitrogens with two attached hydrogens (primary N) is 2. The topological polar surface area (TPSA) is 90.4 Å². The molecule has 5 N–H and O–H groups in total. The number of amides is 1. The molecule has 1 rings (SSSR count). The van der Waals surface area contributed by atoms with Gasteiger partial charge >= 0.3 is 0 Å². The van der Waals surface area contributed by atoms with Gasteiger partial charge in [-0.05, 0) is 50.1 Å². The lowest BCUT2D eigenvalue weighted by atomic mass is 10.1. The second-order valence-electron chi connectivity index (χ2n) is 4.62. The Morgan fingerprint density at radius 1 is 1.47 bits per heavy atom. The average Bonchev–Trinajstić information content (AvgIpc) is 2.38. The van der Waals surface area contributed by atoms with Crippen molar-refractivity contribution < 1.29 is 9.53 Å². The van der Waals surface area contributed by atoms with Gasteiger partial charge in [-0.2, -0.15) is 0 Å². The van der Waals surface area contributed by atoms with E-state index in [1.54, 1.807) is 19.2 Å². The van der Waals surface area contributed by atoms with Gasteiger partial charge in [0.1, 0.15) is 0 Å². The number of hydrogen-bond acceptors (Lipinski definition) is 4. The van der Waals surface area contributed by atoms with Crippen LogP contribution in [0.4, 0.5) is 5.69 Å². The quantitative estimate of drug-likeness (QED) is 0.660. The molecule has 5 nitrogen and oxygen atoms in total. The first-order chi connectivity index (χ1) is 9.08. The first-order valence-electron chi connectivity index (χ1n) is 6.44. The fourth-order valence-electron chi connectivity index (χ4n) is 1.96. The minimum Gasteiger partial charge on any atom is -0.383 e. The molecule has 0 saturated carbocycles. The summed E-state index contributed by atoms with van der Waals surface area (Å²) < 4.78 is 5.20. The van der Waals surface area contributed by atoms with E-state index in [1.807, 2.05) is 13.0 Å². The maximum atomic E-state index is 11.1. The molecule has 5 heteroatoms. The Kier molecular flexibility index (Phi) is 6.32. The number of carbonyl (C=O) groups excluding carboxylic acids is 1. The Labute approximate surface area is 114 Å². The van der Waals surface area contributed by atoms with Crippen LogP contribution in [-0.2, 0) is 4.74 Å². The molecule has 0 saturated heterocycles. The summed E-state index contributed by atoms with van der Waals surface area (Å²) in [6, 6.07) is 5.61. The Morgan fingerprint density at radius 3 is 2.74 bits per heavy atom. The molecule has 106 valence electrons. The first kappa shape index (κ1) is 15.5. The van der Waals surface area contributed by atoms with E-state index in [4.69, 9.17) is 16.2 Å². The molecule has 0 aliphatic rings. The van der Waals surface area contributed by atoms with Gasteiger partial charge in [0.15, 0.2) is 0 Å². The Bertz CT molecular complexity index is 421. The van der Waals surface area contributed by atoms with Gasteiger partial charge in [0.25, 0.3) is 0 Å². The van der Waals surface area contributed by atoms with Crippen LogP contribution in [0.2, 0.25) is 0 Å². The van der Waals surface area contributed by atoms with Gasteiger partial charge in [-0.25, -0.2) is 0 Å². The molecule has 1 amide bonds. The predicted molar refractivity (Wildman–Crippen MR) is 77.3 cm³/mol. The molecule has 1 aromatic rings. The number of nitrogens with one attached hydrogen (secondary N) is 1. The highest BCUT2D eigenvalue weighted by atomic mass is 16.5. The minimum absolute atomic E-state index is 0.215. The lowest BCUT2D eigenvalue weighted by Gasteiger charge is -2.20. The monoisotopic (exact) mass is 265 g/mol. The van der Waals surface area contributed by atoms with E-state index in [-0.39, 0.29) is 6.04 Å². The third kappa shape index (κ3) is 4.89. The molecule has 0 aliphatic carbocycles. The van der Waals surface area contributed by atoms with Crippen molar-refractivity contribution in [1.29, 1.82) is 0 Å². The number of carbonyl (C=O) groups is 1. The highest BCUT2D eigenvalue weighted by molar-refractivity contribution is 5.93. The Hall–Kier alpha value is -1.59.